The number of rotatable bonds is 9. The van der Waals surface area contributed by atoms with Gasteiger partial charge in [0.05, 0.1) is 0 Å². The molecule has 0 saturated carbocycles. The molecule has 1 heterocycles. The van der Waals surface area contributed by atoms with Gasteiger partial charge in [-0.2, -0.15) is 0 Å². The zero-order valence-corrected chi connectivity index (χ0v) is 20.9. The quantitative estimate of drug-likeness (QED) is 0.222. The number of fused-ring (bicyclic) bond motifs is 1. The van der Waals surface area contributed by atoms with E-state index in [4.69, 9.17) is 4.74 Å². The van der Waals surface area contributed by atoms with Gasteiger partial charge in [0, 0.05) is 0 Å². The molecule has 2 aromatic rings. The number of nitrogens with zero attached hydrogens (tertiary/aromatic N) is 1. The van der Waals surface area contributed by atoms with Crippen molar-refractivity contribution in [2.75, 3.05) is 26.2 Å². The van der Waals surface area contributed by atoms with Gasteiger partial charge in [0.25, 0.3) is 0 Å². The first-order valence-electron chi connectivity index (χ1n) is 10.9. The second-order valence-corrected chi connectivity index (χ2v) is 11.2. The van der Waals surface area contributed by atoms with E-state index in [2.05, 4.69) is 18.8 Å². The van der Waals surface area contributed by atoms with Crippen LogP contribution in [-0.2, 0) is 8.34 Å². The fourth-order valence-corrected chi connectivity index (χ4v) is 8.62. The van der Waals surface area contributed by atoms with Crippen molar-refractivity contribution in [1.29, 1.82) is 0 Å². The second kappa shape index (κ2) is 10.7. The summed E-state index contributed by atoms with van der Waals surface area (Å²) in [5.41, 5.74) is 1.11. The standard InChI is InChI=1S/C25H30F2IN2O2/c1-5-29-14-13-19-16-32-24-10-8-7-9-22(24)25(19,30(6-2)18(4)31)28-17(3)21-15-20(26)11-12-23(21)27/h7-12,15,19,29H,3,5-6,13-14,16H2,1-2,4H3/q-1. The van der Waals surface area contributed by atoms with Gasteiger partial charge in [-0.25, -0.2) is 0 Å². The van der Waals surface area contributed by atoms with Crippen LogP contribution in [0.1, 0.15) is 38.3 Å². The number of carbonyl (C=O) groups is 1. The normalized spacial score (nSPS) is 19.8. The molecule has 0 radical (unpaired) electrons. The Balaban J connectivity index is 2.17. The molecule has 4 nitrogen and oxygen atoms in total. The molecule has 0 bridgehead atoms. The molecular weight excluding hydrogens is 525 g/mol. The second-order valence-electron chi connectivity index (χ2n) is 7.71. The SMILES string of the molecule is C=C([I-]C1(N(CC)C(C)=O)c2ccccc2OCC1CCNCC)c1cc(F)ccc1F. The number of alkyl halides is 1. The topological polar surface area (TPSA) is 41.6 Å². The monoisotopic (exact) mass is 555 g/mol. The molecule has 0 fully saturated rings. The van der Waals surface area contributed by atoms with E-state index in [-0.39, 0.29) is 17.4 Å². The van der Waals surface area contributed by atoms with Gasteiger partial charge in [0.1, 0.15) is 0 Å². The van der Waals surface area contributed by atoms with Crippen molar-refractivity contribution in [3.63, 3.8) is 0 Å². The minimum atomic E-state index is -1.09. The molecule has 1 aliphatic rings. The minimum absolute atomic E-state index is 0.0125. The van der Waals surface area contributed by atoms with E-state index in [1.165, 1.54) is 6.07 Å². The predicted octanol–water partition coefficient (Wildman–Crippen LogP) is 1.75. The first-order chi connectivity index (χ1) is 15.3. The number of hydrogen-bond donors (Lipinski definition) is 1. The molecule has 0 aromatic heterocycles. The first kappa shape index (κ1) is 24.6. The van der Waals surface area contributed by atoms with E-state index in [0.29, 0.717) is 16.7 Å². The van der Waals surface area contributed by atoms with Crippen LogP contribution in [0.25, 0.3) is 3.58 Å². The third-order valence-electron chi connectivity index (χ3n) is 5.73. The van der Waals surface area contributed by atoms with Crippen molar-refractivity contribution in [2.24, 2.45) is 5.92 Å². The summed E-state index contributed by atoms with van der Waals surface area (Å²) in [4.78, 5) is 14.8. The molecular formula is C25H30F2IN2O2-. The van der Waals surface area contributed by atoms with Crippen LogP contribution in [0, 0.1) is 17.6 Å². The van der Waals surface area contributed by atoms with Crippen molar-refractivity contribution >= 4 is 9.49 Å². The molecule has 2 atom stereocenters. The van der Waals surface area contributed by atoms with E-state index in [9.17, 15) is 13.6 Å². The number of nitrogens with one attached hydrogen (secondary N) is 1. The average molecular weight is 555 g/mol. The fraction of sp³-hybridized carbons (Fsp3) is 0.400. The van der Waals surface area contributed by atoms with Gasteiger partial charge in [-0.1, -0.05) is 0 Å². The fourth-order valence-electron chi connectivity index (χ4n) is 4.29. The molecule has 32 heavy (non-hydrogen) atoms. The van der Waals surface area contributed by atoms with Crippen LogP contribution in [0.15, 0.2) is 49.0 Å². The Morgan fingerprint density at radius 3 is 2.72 bits per heavy atom. The van der Waals surface area contributed by atoms with E-state index in [1.54, 1.807) is 6.92 Å². The van der Waals surface area contributed by atoms with Crippen LogP contribution in [-0.4, -0.2) is 37.0 Å². The molecule has 2 unspecified atom stereocenters. The molecule has 7 heteroatoms. The molecule has 174 valence electrons. The molecule has 2 aromatic carbocycles. The van der Waals surface area contributed by atoms with Gasteiger partial charge in [-0.15, -0.1) is 0 Å². The first-order valence-corrected chi connectivity index (χ1v) is 13.0. The Morgan fingerprint density at radius 2 is 2.03 bits per heavy atom. The van der Waals surface area contributed by atoms with Gasteiger partial charge in [-0.05, 0) is 0 Å². The molecule has 0 aliphatic carbocycles. The Bertz CT molecular complexity index is 984. The van der Waals surface area contributed by atoms with E-state index >= 15 is 0 Å². The van der Waals surface area contributed by atoms with Gasteiger partial charge >= 0.3 is 200 Å². The summed E-state index contributed by atoms with van der Waals surface area (Å²) < 4.78 is 34.6. The van der Waals surface area contributed by atoms with Crippen molar-refractivity contribution < 1.29 is 39.5 Å². The van der Waals surface area contributed by atoms with Gasteiger partial charge in [0.15, 0.2) is 0 Å². The van der Waals surface area contributed by atoms with Gasteiger partial charge in [0.2, 0.25) is 0 Å². The third-order valence-corrected chi connectivity index (χ3v) is 9.83. The summed E-state index contributed by atoms with van der Waals surface area (Å²) >= 11 is -1.09. The molecule has 0 saturated heterocycles. The third kappa shape index (κ3) is 4.83. The molecule has 3 rings (SSSR count). The van der Waals surface area contributed by atoms with Crippen LogP contribution in [0.5, 0.6) is 5.75 Å². The van der Waals surface area contributed by atoms with Crippen molar-refractivity contribution in [3.8, 4) is 5.75 Å². The maximum absolute atomic E-state index is 14.7. The summed E-state index contributed by atoms with van der Waals surface area (Å²) in [6.07, 6.45) is 0.782. The van der Waals surface area contributed by atoms with E-state index in [0.717, 1.165) is 43.0 Å². The number of hydrogen-bond acceptors (Lipinski definition) is 3. The number of halogens is 3. The summed E-state index contributed by atoms with van der Waals surface area (Å²) in [5, 5.41) is 3.37. The zero-order valence-electron chi connectivity index (χ0n) is 18.8. The summed E-state index contributed by atoms with van der Waals surface area (Å²) in [7, 11) is 0. The van der Waals surface area contributed by atoms with Gasteiger partial charge in [-0.3, -0.25) is 0 Å². The maximum atomic E-state index is 14.7. The number of ether oxygens (including phenoxy) is 1. The number of amides is 1. The van der Waals surface area contributed by atoms with Crippen molar-refractivity contribution in [2.45, 2.75) is 30.7 Å². The number of para-hydroxylation sites is 1. The van der Waals surface area contributed by atoms with Crippen LogP contribution in [0.2, 0.25) is 0 Å². The average Bonchev–Trinajstić information content (AvgIpc) is 2.77. The summed E-state index contributed by atoms with van der Waals surface area (Å²) in [6.45, 7) is 12.3. The molecule has 1 aliphatic heterocycles. The van der Waals surface area contributed by atoms with Crippen molar-refractivity contribution in [1.82, 2.24) is 10.2 Å². The van der Waals surface area contributed by atoms with E-state index in [1.807, 2.05) is 36.1 Å². The summed E-state index contributed by atoms with van der Waals surface area (Å²) in [6, 6.07) is 11.2. The number of carbonyl (C=O) groups excluding carboxylic acids is 1. The van der Waals surface area contributed by atoms with Crippen LogP contribution < -0.4 is 31.3 Å². The zero-order chi connectivity index (χ0) is 23.3. The molecule has 1 amide bonds. The predicted molar refractivity (Wildman–Crippen MR) is 119 cm³/mol. The van der Waals surface area contributed by atoms with Crippen LogP contribution in [0.4, 0.5) is 8.78 Å². The number of benzene rings is 2. The van der Waals surface area contributed by atoms with Crippen LogP contribution in [0.3, 0.4) is 0 Å². The van der Waals surface area contributed by atoms with Crippen LogP contribution >= 0.6 is 0 Å². The Kier molecular flexibility index (Phi) is 8.27. The Morgan fingerprint density at radius 1 is 1.28 bits per heavy atom. The molecule has 0 spiro atoms. The molecule has 1 N–H and O–H groups in total. The van der Waals surface area contributed by atoms with Gasteiger partial charge < -0.3 is 0 Å². The Labute approximate surface area is 199 Å². The Hall–Kier alpha value is -2.00. The van der Waals surface area contributed by atoms with Crippen molar-refractivity contribution in [3.05, 3.63) is 71.8 Å². The summed E-state index contributed by atoms with van der Waals surface area (Å²) in [5.74, 6) is -0.331. The van der Waals surface area contributed by atoms with E-state index < -0.39 is 36.4 Å².